The molecule has 3 nitrogen and oxygen atoms in total. The fraction of sp³-hybridized carbons (Fsp3) is 0.625. The molecule has 0 aromatic heterocycles. The van der Waals surface area contributed by atoms with Crippen LogP contribution in [-0.4, -0.2) is 30.3 Å². The summed E-state index contributed by atoms with van der Waals surface area (Å²) in [6.45, 7) is 4.52. The average Bonchev–Trinajstić information content (AvgIpc) is 3.12. The number of hydrogen-bond donors (Lipinski definition) is 2. The highest BCUT2D eigenvalue weighted by atomic mass is 16.3. The molecule has 1 aromatic rings. The minimum absolute atomic E-state index is 0.268. The first-order chi connectivity index (χ1) is 9.28. The number of hydrogen-bond acceptors (Lipinski definition) is 3. The first kappa shape index (κ1) is 12.9. The quantitative estimate of drug-likeness (QED) is 0.852. The summed E-state index contributed by atoms with van der Waals surface area (Å²) in [6, 6.07) is 7.81. The second kappa shape index (κ2) is 5.51. The van der Waals surface area contributed by atoms with Gasteiger partial charge >= 0.3 is 0 Å². The van der Waals surface area contributed by atoms with Gasteiger partial charge in [0.15, 0.2) is 0 Å². The molecule has 2 aliphatic rings. The Balaban J connectivity index is 1.70. The summed E-state index contributed by atoms with van der Waals surface area (Å²) in [6.07, 6.45) is 4.97. The Kier molecular flexibility index (Phi) is 3.76. The molecule has 3 heteroatoms. The van der Waals surface area contributed by atoms with Crippen LogP contribution in [0.25, 0.3) is 0 Å². The van der Waals surface area contributed by atoms with E-state index in [0.29, 0.717) is 6.04 Å². The van der Waals surface area contributed by atoms with E-state index in [0.717, 1.165) is 25.6 Å². The lowest BCUT2D eigenvalue weighted by molar-refractivity contribution is 0.266. The van der Waals surface area contributed by atoms with Crippen molar-refractivity contribution in [1.82, 2.24) is 5.32 Å². The molecular formula is C16H24N2O. The van der Waals surface area contributed by atoms with Crippen molar-refractivity contribution in [2.45, 2.75) is 51.2 Å². The Morgan fingerprint density at radius 2 is 2.16 bits per heavy atom. The molecule has 1 aromatic carbocycles. The van der Waals surface area contributed by atoms with E-state index in [-0.39, 0.29) is 6.61 Å². The second-order valence-electron chi connectivity index (χ2n) is 5.94. The van der Waals surface area contributed by atoms with E-state index in [1.54, 1.807) is 0 Å². The van der Waals surface area contributed by atoms with Gasteiger partial charge in [-0.15, -0.1) is 0 Å². The van der Waals surface area contributed by atoms with Crippen molar-refractivity contribution in [3.63, 3.8) is 0 Å². The first-order valence-corrected chi connectivity index (χ1v) is 7.48. The smallest absolute Gasteiger partial charge is 0.0635 e. The predicted molar refractivity (Wildman–Crippen MR) is 78.5 cm³/mol. The number of aryl methyl sites for hydroxylation is 1. The third kappa shape index (κ3) is 2.93. The standard InChI is InChI=1S/C16H24N2O/c1-12-9-15(18-8-2-3-16(18)11-19)7-4-13(12)10-17-14-5-6-14/h4,7,9,14,16-17,19H,2-3,5-6,8,10-11H2,1H3. The minimum atomic E-state index is 0.268. The van der Waals surface area contributed by atoms with Crippen LogP contribution in [0.1, 0.15) is 36.8 Å². The molecule has 1 saturated carbocycles. The zero-order chi connectivity index (χ0) is 13.2. The molecule has 104 valence electrons. The summed E-state index contributed by atoms with van der Waals surface area (Å²) >= 11 is 0. The van der Waals surface area contributed by atoms with Gasteiger partial charge in [-0.3, -0.25) is 0 Å². The highest BCUT2D eigenvalue weighted by molar-refractivity contribution is 5.52. The van der Waals surface area contributed by atoms with Crippen molar-refractivity contribution in [1.29, 1.82) is 0 Å². The molecule has 0 radical (unpaired) electrons. The van der Waals surface area contributed by atoms with E-state index < -0.39 is 0 Å². The van der Waals surface area contributed by atoms with Crippen molar-refractivity contribution in [3.05, 3.63) is 29.3 Å². The number of benzene rings is 1. The molecule has 0 amide bonds. The predicted octanol–water partition coefficient (Wildman–Crippen LogP) is 2.21. The molecular weight excluding hydrogens is 236 g/mol. The van der Waals surface area contributed by atoms with E-state index >= 15 is 0 Å². The number of nitrogens with one attached hydrogen (secondary N) is 1. The monoisotopic (exact) mass is 260 g/mol. The summed E-state index contributed by atoms with van der Waals surface area (Å²) in [4.78, 5) is 2.35. The fourth-order valence-corrected chi connectivity index (χ4v) is 2.96. The maximum absolute atomic E-state index is 9.42. The number of aliphatic hydroxyl groups excluding tert-OH is 1. The topological polar surface area (TPSA) is 35.5 Å². The molecule has 2 N–H and O–H groups in total. The molecule has 1 aliphatic heterocycles. The van der Waals surface area contributed by atoms with Crippen molar-refractivity contribution in [3.8, 4) is 0 Å². The van der Waals surface area contributed by atoms with E-state index in [1.165, 1.54) is 36.1 Å². The van der Waals surface area contributed by atoms with Crippen molar-refractivity contribution < 1.29 is 5.11 Å². The Morgan fingerprint density at radius 1 is 1.32 bits per heavy atom. The Morgan fingerprint density at radius 3 is 2.84 bits per heavy atom. The van der Waals surface area contributed by atoms with Crippen LogP contribution in [0, 0.1) is 6.92 Å². The minimum Gasteiger partial charge on any atom is -0.394 e. The van der Waals surface area contributed by atoms with Crippen LogP contribution < -0.4 is 10.2 Å². The van der Waals surface area contributed by atoms with Gasteiger partial charge in [0.05, 0.1) is 12.6 Å². The molecule has 2 fully saturated rings. The number of aliphatic hydroxyl groups is 1. The Hall–Kier alpha value is -1.06. The highest BCUT2D eigenvalue weighted by Gasteiger charge is 2.24. The summed E-state index contributed by atoms with van der Waals surface area (Å²) in [5.74, 6) is 0. The summed E-state index contributed by atoms with van der Waals surface area (Å²) < 4.78 is 0. The third-order valence-corrected chi connectivity index (χ3v) is 4.40. The molecule has 0 bridgehead atoms. The van der Waals surface area contributed by atoms with Crippen LogP contribution >= 0.6 is 0 Å². The third-order valence-electron chi connectivity index (χ3n) is 4.40. The molecule has 1 saturated heterocycles. The van der Waals surface area contributed by atoms with Crippen LogP contribution in [0.15, 0.2) is 18.2 Å². The SMILES string of the molecule is Cc1cc(N2CCCC2CO)ccc1CNC1CC1. The summed E-state index contributed by atoms with van der Waals surface area (Å²) in [7, 11) is 0. The van der Waals surface area contributed by atoms with Crippen LogP contribution in [-0.2, 0) is 6.54 Å². The van der Waals surface area contributed by atoms with Gasteiger partial charge in [-0.25, -0.2) is 0 Å². The normalized spacial score (nSPS) is 23.1. The van der Waals surface area contributed by atoms with Gasteiger partial charge in [-0.2, -0.15) is 0 Å². The Bertz CT molecular complexity index is 442. The van der Waals surface area contributed by atoms with Gasteiger partial charge < -0.3 is 15.3 Å². The molecule has 1 aliphatic carbocycles. The van der Waals surface area contributed by atoms with E-state index in [2.05, 4.69) is 35.3 Å². The largest absolute Gasteiger partial charge is 0.394 e. The fourth-order valence-electron chi connectivity index (χ4n) is 2.96. The van der Waals surface area contributed by atoms with Crippen molar-refractivity contribution in [2.75, 3.05) is 18.1 Å². The van der Waals surface area contributed by atoms with Crippen LogP contribution in [0.3, 0.4) is 0 Å². The molecule has 0 spiro atoms. The van der Waals surface area contributed by atoms with Gasteiger partial charge in [-0.1, -0.05) is 6.07 Å². The maximum atomic E-state index is 9.42. The molecule has 1 heterocycles. The lowest BCUT2D eigenvalue weighted by Gasteiger charge is -2.26. The van der Waals surface area contributed by atoms with Crippen LogP contribution in [0.2, 0.25) is 0 Å². The zero-order valence-corrected chi connectivity index (χ0v) is 11.7. The van der Waals surface area contributed by atoms with E-state index in [1.807, 2.05) is 0 Å². The lowest BCUT2D eigenvalue weighted by atomic mass is 10.1. The van der Waals surface area contributed by atoms with Gasteiger partial charge in [-0.05, 0) is 55.9 Å². The molecule has 1 unspecified atom stereocenters. The maximum Gasteiger partial charge on any atom is 0.0635 e. The van der Waals surface area contributed by atoms with Gasteiger partial charge in [0.25, 0.3) is 0 Å². The van der Waals surface area contributed by atoms with Gasteiger partial charge in [0.1, 0.15) is 0 Å². The van der Waals surface area contributed by atoms with E-state index in [9.17, 15) is 5.11 Å². The van der Waals surface area contributed by atoms with Crippen molar-refractivity contribution in [2.24, 2.45) is 0 Å². The average molecular weight is 260 g/mol. The molecule has 19 heavy (non-hydrogen) atoms. The van der Waals surface area contributed by atoms with E-state index in [4.69, 9.17) is 0 Å². The van der Waals surface area contributed by atoms with Gasteiger partial charge in [0.2, 0.25) is 0 Å². The molecule has 1 atom stereocenters. The zero-order valence-electron chi connectivity index (χ0n) is 11.7. The summed E-state index contributed by atoms with van der Waals surface area (Å²) in [5, 5.41) is 13.0. The number of anilines is 1. The van der Waals surface area contributed by atoms with Crippen LogP contribution in [0.5, 0.6) is 0 Å². The van der Waals surface area contributed by atoms with Crippen LogP contribution in [0.4, 0.5) is 5.69 Å². The highest BCUT2D eigenvalue weighted by Crippen LogP contribution is 2.27. The van der Waals surface area contributed by atoms with Gasteiger partial charge in [0, 0.05) is 24.8 Å². The lowest BCUT2D eigenvalue weighted by Crippen LogP contribution is -2.32. The Labute approximate surface area is 115 Å². The number of nitrogens with zero attached hydrogens (tertiary/aromatic N) is 1. The summed E-state index contributed by atoms with van der Waals surface area (Å²) in [5.41, 5.74) is 4.02. The second-order valence-corrected chi connectivity index (χ2v) is 5.94. The molecule has 3 rings (SSSR count). The first-order valence-electron chi connectivity index (χ1n) is 7.48. The number of rotatable bonds is 5. The van der Waals surface area contributed by atoms with Crippen molar-refractivity contribution >= 4 is 5.69 Å².